The number of hydrogen-bond donors (Lipinski definition) is 1. The van der Waals surface area contributed by atoms with Crippen LogP contribution in [0.4, 0.5) is 4.39 Å². The molecule has 1 aromatic heterocycles. The standard InChI is InChI=1S/C14H14FN3O2/c1-10-6-14(20)18(9-17-10)8-13(19)16-7-11-2-4-12(15)5-3-11/h2-6,9H,7-8H2,1H3,(H,16,19). The van der Waals surface area contributed by atoms with Crippen molar-refractivity contribution in [2.24, 2.45) is 0 Å². The summed E-state index contributed by atoms with van der Waals surface area (Å²) in [7, 11) is 0. The Kier molecular flexibility index (Phi) is 4.24. The third kappa shape index (κ3) is 3.74. The van der Waals surface area contributed by atoms with Crippen molar-refractivity contribution in [2.75, 3.05) is 0 Å². The average Bonchev–Trinajstić information content (AvgIpc) is 2.41. The summed E-state index contributed by atoms with van der Waals surface area (Å²) >= 11 is 0. The number of carbonyl (C=O) groups excluding carboxylic acids is 1. The third-order valence-corrected chi connectivity index (χ3v) is 2.73. The van der Waals surface area contributed by atoms with Gasteiger partial charge < -0.3 is 5.32 Å². The summed E-state index contributed by atoms with van der Waals surface area (Å²) in [4.78, 5) is 27.3. The summed E-state index contributed by atoms with van der Waals surface area (Å²) < 4.78 is 13.9. The molecule has 0 aliphatic rings. The maximum atomic E-state index is 12.7. The zero-order valence-electron chi connectivity index (χ0n) is 11.0. The molecule has 0 unspecified atom stereocenters. The zero-order chi connectivity index (χ0) is 14.5. The number of carbonyl (C=O) groups is 1. The van der Waals surface area contributed by atoms with E-state index >= 15 is 0 Å². The average molecular weight is 275 g/mol. The Morgan fingerprint density at radius 3 is 2.70 bits per heavy atom. The van der Waals surface area contributed by atoms with E-state index < -0.39 is 0 Å². The number of aromatic nitrogens is 2. The molecule has 104 valence electrons. The van der Waals surface area contributed by atoms with Crippen LogP contribution in [0.5, 0.6) is 0 Å². The number of benzene rings is 1. The molecule has 0 spiro atoms. The lowest BCUT2D eigenvalue weighted by atomic mass is 10.2. The van der Waals surface area contributed by atoms with E-state index in [1.54, 1.807) is 19.1 Å². The minimum atomic E-state index is -0.322. The number of hydrogen-bond acceptors (Lipinski definition) is 3. The van der Waals surface area contributed by atoms with Crippen molar-refractivity contribution in [2.45, 2.75) is 20.0 Å². The van der Waals surface area contributed by atoms with Crippen molar-refractivity contribution in [1.82, 2.24) is 14.9 Å². The van der Waals surface area contributed by atoms with E-state index in [0.717, 1.165) is 5.56 Å². The van der Waals surface area contributed by atoms with Gasteiger partial charge in [0.1, 0.15) is 12.4 Å². The lowest BCUT2D eigenvalue weighted by Crippen LogP contribution is -2.32. The maximum absolute atomic E-state index is 12.7. The minimum absolute atomic E-state index is 0.0900. The first-order chi connectivity index (χ1) is 9.54. The number of nitrogens with one attached hydrogen (secondary N) is 1. The molecule has 0 atom stereocenters. The molecular formula is C14H14FN3O2. The first-order valence-electron chi connectivity index (χ1n) is 6.09. The molecule has 2 aromatic rings. The van der Waals surface area contributed by atoms with E-state index in [9.17, 15) is 14.0 Å². The van der Waals surface area contributed by atoms with E-state index in [0.29, 0.717) is 5.69 Å². The molecule has 1 N–H and O–H groups in total. The molecule has 6 heteroatoms. The maximum Gasteiger partial charge on any atom is 0.253 e. The highest BCUT2D eigenvalue weighted by atomic mass is 19.1. The molecule has 5 nitrogen and oxygen atoms in total. The topological polar surface area (TPSA) is 64.0 Å². The van der Waals surface area contributed by atoms with Gasteiger partial charge in [0.25, 0.3) is 5.56 Å². The fourth-order valence-electron chi connectivity index (χ4n) is 1.65. The quantitative estimate of drug-likeness (QED) is 0.905. The zero-order valence-corrected chi connectivity index (χ0v) is 11.0. The van der Waals surface area contributed by atoms with Gasteiger partial charge in [0.2, 0.25) is 5.91 Å². The van der Waals surface area contributed by atoms with Crippen molar-refractivity contribution in [3.63, 3.8) is 0 Å². The highest BCUT2D eigenvalue weighted by molar-refractivity contribution is 5.75. The highest BCUT2D eigenvalue weighted by Gasteiger charge is 2.05. The van der Waals surface area contributed by atoms with Crippen LogP contribution in [0, 0.1) is 12.7 Å². The van der Waals surface area contributed by atoms with Gasteiger partial charge in [-0.3, -0.25) is 14.2 Å². The molecule has 1 heterocycles. The van der Waals surface area contributed by atoms with Gasteiger partial charge in [-0.2, -0.15) is 0 Å². The number of amides is 1. The van der Waals surface area contributed by atoms with Crippen LogP contribution in [-0.4, -0.2) is 15.5 Å². The van der Waals surface area contributed by atoms with Crippen LogP contribution < -0.4 is 10.9 Å². The van der Waals surface area contributed by atoms with Crippen LogP contribution in [0.2, 0.25) is 0 Å². The smallest absolute Gasteiger partial charge is 0.253 e. The highest BCUT2D eigenvalue weighted by Crippen LogP contribution is 2.01. The summed E-state index contributed by atoms with van der Waals surface area (Å²) in [6.07, 6.45) is 1.34. The molecule has 0 radical (unpaired) electrons. The predicted molar refractivity (Wildman–Crippen MR) is 71.5 cm³/mol. The Morgan fingerprint density at radius 2 is 2.05 bits per heavy atom. The molecule has 0 fully saturated rings. The van der Waals surface area contributed by atoms with Crippen LogP contribution in [0.25, 0.3) is 0 Å². The molecule has 2 rings (SSSR count). The monoisotopic (exact) mass is 275 g/mol. The molecule has 0 saturated carbocycles. The van der Waals surface area contributed by atoms with Crippen molar-refractivity contribution in [3.05, 3.63) is 64.1 Å². The molecule has 0 aliphatic carbocycles. The van der Waals surface area contributed by atoms with Gasteiger partial charge in [0.05, 0.1) is 6.33 Å². The lowest BCUT2D eigenvalue weighted by Gasteiger charge is -2.07. The van der Waals surface area contributed by atoms with Crippen molar-refractivity contribution in [1.29, 1.82) is 0 Å². The van der Waals surface area contributed by atoms with E-state index in [4.69, 9.17) is 0 Å². The molecule has 1 amide bonds. The number of halogens is 1. The van der Waals surface area contributed by atoms with Crippen molar-refractivity contribution < 1.29 is 9.18 Å². The minimum Gasteiger partial charge on any atom is -0.350 e. The number of nitrogens with zero attached hydrogens (tertiary/aromatic N) is 2. The Morgan fingerprint density at radius 1 is 1.35 bits per heavy atom. The van der Waals surface area contributed by atoms with E-state index in [2.05, 4.69) is 10.3 Å². The number of aryl methyl sites for hydroxylation is 1. The van der Waals surface area contributed by atoms with Crippen LogP contribution >= 0.6 is 0 Å². The van der Waals surface area contributed by atoms with Crippen LogP contribution in [0.15, 0.2) is 41.5 Å². The Hall–Kier alpha value is -2.50. The fraction of sp³-hybridized carbons (Fsp3) is 0.214. The van der Waals surface area contributed by atoms with Crippen molar-refractivity contribution >= 4 is 5.91 Å². The SMILES string of the molecule is Cc1cc(=O)n(CC(=O)NCc2ccc(F)cc2)cn1. The normalized spacial score (nSPS) is 10.3. The first-order valence-corrected chi connectivity index (χ1v) is 6.09. The second-order valence-corrected chi connectivity index (χ2v) is 4.40. The van der Waals surface area contributed by atoms with Gasteiger partial charge >= 0.3 is 0 Å². The van der Waals surface area contributed by atoms with Gasteiger partial charge in [0, 0.05) is 18.3 Å². The van der Waals surface area contributed by atoms with Gasteiger partial charge in [-0.05, 0) is 24.6 Å². The first kappa shape index (κ1) is 13.9. The second kappa shape index (κ2) is 6.10. The summed E-state index contributed by atoms with van der Waals surface area (Å²) in [5.41, 5.74) is 1.13. The van der Waals surface area contributed by atoms with Gasteiger partial charge in [-0.15, -0.1) is 0 Å². The Labute approximate surface area is 115 Å². The molecule has 0 bridgehead atoms. The second-order valence-electron chi connectivity index (χ2n) is 4.40. The summed E-state index contributed by atoms with van der Waals surface area (Å²) in [5, 5.41) is 2.66. The fourth-order valence-corrected chi connectivity index (χ4v) is 1.65. The summed E-state index contributed by atoms with van der Waals surface area (Å²) in [5.74, 6) is -0.626. The Balaban J connectivity index is 1.92. The summed E-state index contributed by atoms with van der Waals surface area (Å²) in [6, 6.07) is 7.21. The summed E-state index contributed by atoms with van der Waals surface area (Å²) in [6.45, 7) is 1.90. The lowest BCUT2D eigenvalue weighted by molar-refractivity contribution is -0.121. The van der Waals surface area contributed by atoms with Crippen LogP contribution in [-0.2, 0) is 17.9 Å². The molecule has 0 saturated heterocycles. The Bertz CT molecular complexity index is 665. The van der Waals surface area contributed by atoms with Gasteiger partial charge in [-0.1, -0.05) is 12.1 Å². The van der Waals surface area contributed by atoms with Crippen LogP contribution in [0.3, 0.4) is 0 Å². The van der Waals surface area contributed by atoms with Crippen molar-refractivity contribution in [3.8, 4) is 0 Å². The number of rotatable bonds is 4. The molecule has 0 aliphatic heterocycles. The van der Waals surface area contributed by atoms with Gasteiger partial charge in [-0.25, -0.2) is 9.37 Å². The van der Waals surface area contributed by atoms with Gasteiger partial charge in [0.15, 0.2) is 0 Å². The molecular weight excluding hydrogens is 261 g/mol. The predicted octanol–water partition coefficient (Wildman–Crippen LogP) is 1.01. The molecule has 20 heavy (non-hydrogen) atoms. The third-order valence-electron chi connectivity index (χ3n) is 2.73. The van der Waals surface area contributed by atoms with E-state index in [-0.39, 0.29) is 30.4 Å². The van der Waals surface area contributed by atoms with E-state index in [1.165, 1.54) is 29.1 Å². The largest absolute Gasteiger partial charge is 0.350 e. The van der Waals surface area contributed by atoms with Crippen LogP contribution in [0.1, 0.15) is 11.3 Å². The molecule has 1 aromatic carbocycles. The van der Waals surface area contributed by atoms with E-state index in [1.807, 2.05) is 0 Å².